The average Bonchev–Trinajstić information content (AvgIpc) is 3.43. The fraction of sp³-hybridized carbons (Fsp3) is 0.150. The van der Waals surface area contributed by atoms with Crippen LogP contribution in [0.5, 0.6) is 11.5 Å². The van der Waals surface area contributed by atoms with Crippen LogP contribution in [0.25, 0.3) is 0 Å². The normalized spacial score (nSPS) is 12.3. The van der Waals surface area contributed by atoms with Crippen molar-refractivity contribution in [1.29, 1.82) is 0 Å². The van der Waals surface area contributed by atoms with E-state index in [1.165, 1.54) is 18.4 Å². The minimum Gasteiger partial charge on any atom is -0.486 e. The van der Waals surface area contributed by atoms with Crippen molar-refractivity contribution in [3.8, 4) is 11.5 Å². The summed E-state index contributed by atoms with van der Waals surface area (Å²) in [6, 6.07) is 11.0. The van der Waals surface area contributed by atoms with Gasteiger partial charge in [0.05, 0.1) is 11.3 Å². The van der Waals surface area contributed by atoms with Crippen LogP contribution in [-0.4, -0.2) is 37.5 Å². The summed E-state index contributed by atoms with van der Waals surface area (Å²) in [4.78, 5) is 36.7. The van der Waals surface area contributed by atoms with E-state index in [-0.39, 0.29) is 16.4 Å². The largest absolute Gasteiger partial charge is 0.486 e. The van der Waals surface area contributed by atoms with Gasteiger partial charge in [0.2, 0.25) is 0 Å². The summed E-state index contributed by atoms with van der Waals surface area (Å²) in [5, 5.41) is 3.08. The highest BCUT2D eigenvalue weighted by molar-refractivity contribution is 7.18. The zero-order valence-corrected chi connectivity index (χ0v) is 15.8. The number of carbonyl (C=O) groups excluding carboxylic acids is 3. The second kappa shape index (κ2) is 8.19. The van der Waals surface area contributed by atoms with Crippen molar-refractivity contribution in [2.45, 2.75) is 0 Å². The number of ether oxygens (including phenoxy) is 3. The number of ketones is 1. The maximum Gasteiger partial charge on any atom is 0.348 e. The molecule has 0 unspecified atom stereocenters. The molecule has 4 rings (SSSR count). The van der Waals surface area contributed by atoms with Crippen molar-refractivity contribution in [1.82, 2.24) is 0 Å². The fourth-order valence-electron chi connectivity index (χ4n) is 2.60. The molecule has 1 aromatic carbocycles. The molecule has 0 spiro atoms. The summed E-state index contributed by atoms with van der Waals surface area (Å²) in [7, 11) is 0. The Kier molecular flexibility index (Phi) is 5.30. The number of Topliss-reactive ketones (excluding diaryl/α,β-unsaturated/α-hetero) is 1. The van der Waals surface area contributed by atoms with Gasteiger partial charge in [-0.3, -0.25) is 9.59 Å². The van der Waals surface area contributed by atoms with Crippen molar-refractivity contribution >= 4 is 34.0 Å². The molecular formula is C20H15NO7S. The summed E-state index contributed by atoms with van der Waals surface area (Å²) in [6.45, 7) is 0.462. The maximum absolute atomic E-state index is 12.3. The predicted molar refractivity (Wildman–Crippen MR) is 103 cm³/mol. The SMILES string of the molecule is O=C(COC(=O)c1ccc(NC(=O)c2ccco2)s1)c1ccc2c(c1)OCCO2. The molecule has 0 atom stereocenters. The van der Waals surface area contributed by atoms with Crippen LogP contribution in [0.2, 0.25) is 0 Å². The number of thiophene rings is 1. The Hall–Kier alpha value is -3.59. The number of anilines is 1. The number of esters is 1. The van der Waals surface area contributed by atoms with Crippen molar-refractivity contribution in [3.05, 3.63) is 64.9 Å². The van der Waals surface area contributed by atoms with Crippen molar-refractivity contribution in [2.24, 2.45) is 0 Å². The number of furan rings is 1. The molecule has 0 radical (unpaired) electrons. The summed E-state index contributed by atoms with van der Waals surface area (Å²) < 4.78 is 21.0. The van der Waals surface area contributed by atoms with Gasteiger partial charge in [-0.25, -0.2) is 4.79 Å². The molecule has 1 amide bonds. The molecule has 2 aromatic heterocycles. The summed E-state index contributed by atoms with van der Waals surface area (Å²) in [5.41, 5.74) is 0.361. The van der Waals surface area contributed by atoms with E-state index >= 15 is 0 Å². The standard InChI is InChI=1S/C20H15NO7S/c22-13(12-3-4-14-16(10-12)27-9-8-26-14)11-28-20(24)17-5-6-18(29-17)21-19(23)15-2-1-7-25-15/h1-7,10H,8-9,11H2,(H,21,23). The van der Waals surface area contributed by atoms with Crippen LogP contribution in [0.15, 0.2) is 53.1 Å². The van der Waals surface area contributed by atoms with Crippen molar-refractivity contribution < 1.29 is 33.0 Å². The third-order valence-corrected chi connectivity index (χ3v) is 4.97. The molecule has 9 heteroatoms. The number of hydrogen-bond acceptors (Lipinski definition) is 8. The number of nitrogens with one attached hydrogen (secondary N) is 1. The van der Waals surface area contributed by atoms with Gasteiger partial charge in [-0.05, 0) is 42.5 Å². The molecule has 1 aliphatic rings. The van der Waals surface area contributed by atoms with Gasteiger partial charge in [-0.15, -0.1) is 11.3 Å². The molecule has 0 aliphatic carbocycles. The lowest BCUT2D eigenvalue weighted by molar-refractivity contribution is 0.0479. The Labute approximate surface area is 169 Å². The van der Waals surface area contributed by atoms with Gasteiger partial charge in [0.25, 0.3) is 5.91 Å². The molecule has 0 fully saturated rings. The molecule has 8 nitrogen and oxygen atoms in total. The summed E-state index contributed by atoms with van der Waals surface area (Å²) >= 11 is 1.04. The topological polar surface area (TPSA) is 104 Å². The monoisotopic (exact) mass is 413 g/mol. The predicted octanol–water partition coefficient (Wildman–Crippen LogP) is 3.40. The van der Waals surface area contributed by atoms with E-state index in [1.54, 1.807) is 30.3 Å². The zero-order valence-electron chi connectivity index (χ0n) is 15.0. The first-order chi connectivity index (χ1) is 14.1. The van der Waals surface area contributed by atoms with E-state index in [0.29, 0.717) is 35.3 Å². The minimum absolute atomic E-state index is 0.160. The molecule has 0 saturated carbocycles. The number of hydrogen-bond donors (Lipinski definition) is 1. The van der Waals surface area contributed by atoms with E-state index in [1.807, 2.05) is 0 Å². The van der Waals surface area contributed by atoms with Crippen LogP contribution in [0, 0.1) is 0 Å². The Morgan fingerprint density at radius 1 is 1.03 bits per heavy atom. The van der Waals surface area contributed by atoms with E-state index < -0.39 is 18.5 Å². The average molecular weight is 413 g/mol. The molecule has 0 saturated heterocycles. The lowest BCUT2D eigenvalue weighted by atomic mass is 10.1. The van der Waals surface area contributed by atoms with Gasteiger partial charge < -0.3 is 23.9 Å². The third-order valence-electron chi connectivity index (χ3n) is 3.99. The van der Waals surface area contributed by atoms with Gasteiger partial charge in [0, 0.05) is 5.56 Å². The smallest absolute Gasteiger partial charge is 0.348 e. The first-order valence-electron chi connectivity index (χ1n) is 8.65. The maximum atomic E-state index is 12.3. The van der Waals surface area contributed by atoms with E-state index in [2.05, 4.69) is 5.32 Å². The molecule has 3 heterocycles. The van der Waals surface area contributed by atoms with Gasteiger partial charge in [0.1, 0.15) is 18.1 Å². The highest BCUT2D eigenvalue weighted by atomic mass is 32.1. The Balaban J connectivity index is 1.33. The number of benzene rings is 1. The number of fused-ring (bicyclic) bond motifs is 1. The number of carbonyl (C=O) groups is 3. The molecule has 29 heavy (non-hydrogen) atoms. The van der Waals surface area contributed by atoms with Crippen LogP contribution < -0.4 is 14.8 Å². The lowest BCUT2D eigenvalue weighted by Gasteiger charge is -2.18. The van der Waals surface area contributed by atoms with Crippen LogP contribution in [0.4, 0.5) is 5.00 Å². The highest BCUT2D eigenvalue weighted by Gasteiger charge is 2.18. The van der Waals surface area contributed by atoms with Crippen LogP contribution in [-0.2, 0) is 4.74 Å². The summed E-state index contributed by atoms with van der Waals surface area (Å²) in [6.07, 6.45) is 1.39. The first kappa shape index (κ1) is 18.8. The van der Waals surface area contributed by atoms with Gasteiger partial charge in [-0.1, -0.05) is 0 Å². The van der Waals surface area contributed by atoms with Crippen molar-refractivity contribution in [2.75, 3.05) is 25.1 Å². The Morgan fingerprint density at radius 2 is 1.86 bits per heavy atom. The van der Waals surface area contributed by atoms with Crippen molar-refractivity contribution in [3.63, 3.8) is 0 Å². The fourth-order valence-corrected chi connectivity index (χ4v) is 3.39. The Bertz CT molecular complexity index is 1050. The van der Waals surface area contributed by atoms with E-state index in [9.17, 15) is 14.4 Å². The van der Waals surface area contributed by atoms with Crippen LogP contribution in [0.1, 0.15) is 30.6 Å². The summed E-state index contributed by atoms with van der Waals surface area (Å²) in [5.74, 6) is -0.216. The third kappa shape index (κ3) is 4.30. The number of amides is 1. The minimum atomic E-state index is -0.653. The van der Waals surface area contributed by atoms with E-state index in [4.69, 9.17) is 18.6 Å². The zero-order chi connectivity index (χ0) is 20.2. The van der Waals surface area contributed by atoms with Crippen LogP contribution >= 0.6 is 11.3 Å². The second-order valence-electron chi connectivity index (χ2n) is 5.95. The number of rotatable bonds is 6. The highest BCUT2D eigenvalue weighted by Crippen LogP contribution is 2.31. The second-order valence-corrected chi connectivity index (χ2v) is 7.04. The van der Waals surface area contributed by atoms with Gasteiger partial charge >= 0.3 is 5.97 Å². The Morgan fingerprint density at radius 3 is 2.66 bits per heavy atom. The molecule has 1 N–H and O–H groups in total. The first-order valence-corrected chi connectivity index (χ1v) is 9.46. The van der Waals surface area contributed by atoms with Crippen LogP contribution in [0.3, 0.4) is 0 Å². The molecule has 1 aliphatic heterocycles. The molecule has 0 bridgehead atoms. The van der Waals surface area contributed by atoms with Gasteiger partial charge in [-0.2, -0.15) is 0 Å². The van der Waals surface area contributed by atoms with Gasteiger partial charge in [0.15, 0.2) is 29.6 Å². The molecule has 3 aromatic rings. The molecular weight excluding hydrogens is 398 g/mol. The lowest BCUT2D eigenvalue weighted by Crippen LogP contribution is -2.17. The van der Waals surface area contributed by atoms with E-state index in [0.717, 1.165) is 11.3 Å². The molecule has 148 valence electrons. The quantitative estimate of drug-likeness (QED) is 0.488.